The number of benzene rings is 1. The van der Waals surface area contributed by atoms with Crippen LogP contribution in [-0.2, 0) is 17.8 Å². The quantitative estimate of drug-likeness (QED) is 0.704. The van der Waals surface area contributed by atoms with Gasteiger partial charge < -0.3 is 9.73 Å². The monoisotopic (exact) mass is 390 g/mol. The van der Waals surface area contributed by atoms with E-state index in [1.165, 1.54) is 0 Å². The molecule has 2 aromatic heterocycles. The molecule has 0 bridgehead atoms. The molecule has 0 aliphatic rings. The summed E-state index contributed by atoms with van der Waals surface area (Å²) in [6.07, 6.45) is 0.217. The van der Waals surface area contributed by atoms with Crippen LogP contribution in [0.2, 0.25) is 0 Å². The summed E-state index contributed by atoms with van der Waals surface area (Å²) < 4.78 is 6.65. The summed E-state index contributed by atoms with van der Waals surface area (Å²) in [6.45, 7) is 2.33. The molecule has 1 aromatic carbocycles. The first-order valence-corrected chi connectivity index (χ1v) is 8.80. The third kappa shape index (κ3) is 4.09. The van der Waals surface area contributed by atoms with Crippen LogP contribution in [0, 0.1) is 6.92 Å². The molecular weight excluding hydrogens is 376 g/mol. The highest BCUT2D eigenvalue weighted by Gasteiger charge is 2.15. The van der Waals surface area contributed by atoms with Gasteiger partial charge in [-0.15, -0.1) is 11.3 Å². The number of thiophene rings is 1. The van der Waals surface area contributed by atoms with E-state index in [-0.39, 0.29) is 12.3 Å². The largest absolute Gasteiger partial charge is 0.440 e. The van der Waals surface area contributed by atoms with Gasteiger partial charge in [0.25, 0.3) is 0 Å². The van der Waals surface area contributed by atoms with Crippen molar-refractivity contribution in [3.63, 3.8) is 0 Å². The number of aromatic nitrogens is 1. The van der Waals surface area contributed by atoms with E-state index in [0.717, 1.165) is 14.9 Å². The minimum absolute atomic E-state index is 0.0703. The van der Waals surface area contributed by atoms with Gasteiger partial charge >= 0.3 is 0 Å². The highest BCUT2D eigenvalue weighted by atomic mass is 79.9. The molecule has 0 atom stereocenters. The Kier molecular flexibility index (Phi) is 4.93. The lowest BCUT2D eigenvalue weighted by Gasteiger charge is -2.05. The molecule has 0 aliphatic heterocycles. The van der Waals surface area contributed by atoms with Crippen molar-refractivity contribution in [2.45, 2.75) is 19.9 Å². The van der Waals surface area contributed by atoms with Crippen molar-refractivity contribution in [3.05, 3.63) is 63.3 Å². The number of aryl methyl sites for hydroxylation is 1. The summed E-state index contributed by atoms with van der Waals surface area (Å²) >= 11 is 4.98. The number of carbonyl (C=O) groups excluding carboxylic acids is 1. The van der Waals surface area contributed by atoms with Crippen LogP contribution in [0.4, 0.5) is 0 Å². The number of hydrogen-bond acceptors (Lipinski definition) is 4. The molecule has 0 aliphatic carbocycles. The molecule has 1 amide bonds. The molecule has 3 aromatic rings. The predicted molar refractivity (Wildman–Crippen MR) is 94.2 cm³/mol. The lowest BCUT2D eigenvalue weighted by molar-refractivity contribution is -0.120. The highest BCUT2D eigenvalue weighted by Crippen LogP contribution is 2.26. The van der Waals surface area contributed by atoms with Crippen molar-refractivity contribution < 1.29 is 9.21 Å². The lowest BCUT2D eigenvalue weighted by atomic mass is 10.2. The highest BCUT2D eigenvalue weighted by molar-refractivity contribution is 9.10. The molecule has 118 valence electrons. The Morgan fingerprint density at radius 2 is 2.22 bits per heavy atom. The fourth-order valence-electron chi connectivity index (χ4n) is 2.16. The number of amides is 1. The Morgan fingerprint density at radius 1 is 1.35 bits per heavy atom. The topological polar surface area (TPSA) is 55.1 Å². The zero-order valence-electron chi connectivity index (χ0n) is 12.5. The molecule has 0 radical (unpaired) electrons. The van der Waals surface area contributed by atoms with Gasteiger partial charge in [-0.25, -0.2) is 4.98 Å². The number of carbonyl (C=O) groups is 1. The molecule has 2 heterocycles. The van der Waals surface area contributed by atoms with Gasteiger partial charge in [0.15, 0.2) is 0 Å². The summed E-state index contributed by atoms with van der Waals surface area (Å²) in [5.41, 5.74) is 1.73. The molecule has 0 unspecified atom stereocenters. The molecule has 4 nitrogen and oxygen atoms in total. The average Bonchev–Trinajstić information content (AvgIpc) is 3.16. The van der Waals surface area contributed by atoms with Crippen LogP contribution in [0.15, 0.2) is 50.7 Å². The van der Waals surface area contributed by atoms with Crippen LogP contribution in [0.25, 0.3) is 10.8 Å². The van der Waals surface area contributed by atoms with Crippen molar-refractivity contribution in [2.24, 2.45) is 0 Å². The third-order valence-electron chi connectivity index (χ3n) is 3.33. The Balaban J connectivity index is 1.62. The minimum Gasteiger partial charge on any atom is -0.440 e. The van der Waals surface area contributed by atoms with E-state index >= 15 is 0 Å². The first kappa shape index (κ1) is 16.0. The molecule has 1 N–H and O–H groups in total. The van der Waals surface area contributed by atoms with Crippen LogP contribution in [0.1, 0.15) is 17.0 Å². The molecule has 23 heavy (non-hydrogen) atoms. The fraction of sp³-hybridized carbons (Fsp3) is 0.176. The second kappa shape index (κ2) is 7.10. The number of oxazole rings is 1. The van der Waals surface area contributed by atoms with Gasteiger partial charge in [-0.3, -0.25) is 4.79 Å². The Hall–Kier alpha value is -1.92. The van der Waals surface area contributed by atoms with Crippen molar-refractivity contribution in [1.82, 2.24) is 10.3 Å². The van der Waals surface area contributed by atoms with Gasteiger partial charge in [0, 0.05) is 11.0 Å². The summed E-state index contributed by atoms with van der Waals surface area (Å²) in [4.78, 5) is 17.5. The van der Waals surface area contributed by atoms with Crippen LogP contribution < -0.4 is 5.32 Å². The molecule has 0 spiro atoms. The first-order valence-electron chi connectivity index (χ1n) is 7.13. The number of hydrogen-bond donors (Lipinski definition) is 1. The number of nitrogens with one attached hydrogen (secondary N) is 1. The lowest BCUT2D eigenvalue weighted by Crippen LogP contribution is -2.24. The fourth-order valence-corrected chi connectivity index (χ4v) is 3.26. The van der Waals surface area contributed by atoms with Gasteiger partial charge in [0.2, 0.25) is 11.8 Å². The average molecular weight is 391 g/mol. The molecule has 3 rings (SSSR count). The molecular formula is C17H15BrN2O2S. The maximum absolute atomic E-state index is 12.1. The minimum atomic E-state index is -0.0703. The third-order valence-corrected chi connectivity index (χ3v) is 4.68. The van der Waals surface area contributed by atoms with Crippen molar-refractivity contribution >= 4 is 33.2 Å². The second-order valence-corrected chi connectivity index (χ2v) is 6.95. The van der Waals surface area contributed by atoms with Crippen molar-refractivity contribution in [1.29, 1.82) is 0 Å². The Morgan fingerprint density at radius 3 is 2.96 bits per heavy atom. The molecule has 6 heteroatoms. The van der Waals surface area contributed by atoms with E-state index in [1.54, 1.807) is 11.3 Å². The summed E-state index contributed by atoms with van der Waals surface area (Å²) in [7, 11) is 0. The molecule has 0 saturated heterocycles. The Labute approximate surface area is 146 Å². The summed E-state index contributed by atoms with van der Waals surface area (Å²) in [5, 5.41) is 4.88. The summed E-state index contributed by atoms with van der Waals surface area (Å²) in [5.74, 6) is 1.19. The first-order chi connectivity index (χ1) is 11.1. The Bertz CT molecular complexity index is 812. The van der Waals surface area contributed by atoms with Gasteiger partial charge in [0.05, 0.1) is 17.0 Å². The van der Waals surface area contributed by atoms with E-state index in [1.807, 2.05) is 48.7 Å². The number of nitrogens with zero attached hydrogens (tertiary/aromatic N) is 1. The van der Waals surface area contributed by atoms with E-state index in [4.69, 9.17) is 4.42 Å². The molecule has 0 saturated carbocycles. The maximum Gasteiger partial charge on any atom is 0.236 e. The maximum atomic E-state index is 12.1. The van der Waals surface area contributed by atoms with Crippen LogP contribution in [-0.4, -0.2) is 10.9 Å². The van der Waals surface area contributed by atoms with Gasteiger partial charge in [-0.1, -0.05) is 34.1 Å². The van der Waals surface area contributed by atoms with E-state index in [0.29, 0.717) is 23.9 Å². The van der Waals surface area contributed by atoms with Gasteiger partial charge in [-0.05, 0) is 36.1 Å². The van der Waals surface area contributed by atoms with Crippen LogP contribution in [0.3, 0.4) is 0 Å². The van der Waals surface area contributed by atoms with E-state index < -0.39 is 0 Å². The van der Waals surface area contributed by atoms with Crippen molar-refractivity contribution in [2.75, 3.05) is 0 Å². The van der Waals surface area contributed by atoms with E-state index in [2.05, 4.69) is 26.2 Å². The second-order valence-electron chi connectivity index (χ2n) is 5.08. The standard InChI is InChI=1S/C17H15BrN2O2S/c1-11-14(20-17(22-11)15-6-3-7-23-15)9-16(21)19-10-12-4-2-5-13(18)8-12/h2-8H,9-10H2,1H3,(H,19,21). The van der Waals surface area contributed by atoms with Gasteiger partial charge in [0.1, 0.15) is 5.76 Å². The summed E-state index contributed by atoms with van der Waals surface area (Å²) in [6, 6.07) is 11.8. The SMILES string of the molecule is Cc1oc(-c2cccs2)nc1CC(=O)NCc1cccc(Br)c1. The zero-order chi connectivity index (χ0) is 16.2. The molecule has 0 fully saturated rings. The van der Waals surface area contributed by atoms with Crippen molar-refractivity contribution in [3.8, 4) is 10.8 Å². The normalized spacial score (nSPS) is 10.7. The van der Waals surface area contributed by atoms with E-state index in [9.17, 15) is 4.79 Å². The van der Waals surface area contributed by atoms with Gasteiger partial charge in [-0.2, -0.15) is 0 Å². The number of halogens is 1. The number of rotatable bonds is 5. The zero-order valence-corrected chi connectivity index (χ0v) is 14.9. The predicted octanol–water partition coefficient (Wildman–Crippen LogP) is 4.33. The van der Waals surface area contributed by atoms with Crippen LogP contribution >= 0.6 is 27.3 Å². The van der Waals surface area contributed by atoms with Crippen LogP contribution in [0.5, 0.6) is 0 Å². The smallest absolute Gasteiger partial charge is 0.236 e.